The Labute approximate surface area is 127 Å². The third kappa shape index (κ3) is 4.29. The van der Waals surface area contributed by atoms with Crippen LogP contribution in [0.2, 0.25) is 0 Å². The fraction of sp³-hybridized carbons (Fsp3) is 0.812. The first kappa shape index (κ1) is 14.5. The Morgan fingerprint density at radius 2 is 1.10 bits per heavy atom. The molecule has 1 aromatic rings. The lowest BCUT2D eigenvalue weighted by Crippen LogP contribution is -2.26. The van der Waals surface area contributed by atoms with Crippen LogP contribution in [-0.2, 0) is 0 Å². The first-order chi connectivity index (χ1) is 10.3. The van der Waals surface area contributed by atoms with Crippen molar-refractivity contribution in [3.8, 4) is 0 Å². The van der Waals surface area contributed by atoms with Crippen molar-refractivity contribution >= 4 is 11.9 Å². The summed E-state index contributed by atoms with van der Waals surface area (Å²) in [5, 5.41) is 6.99. The first-order valence-corrected chi connectivity index (χ1v) is 8.55. The van der Waals surface area contributed by atoms with Crippen molar-refractivity contribution in [2.45, 2.75) is 83.2 Å². The van der Waals surface area contributed by atoms with Gasteiger partial charge in [0.15, 0.2) is 0 Å². The summed E-state index contributed by atoms with van der Waals surface area (Å²) in [6, 6.07) is 1.06. The number of nitrogens with zero attached hydrogens (tertiary/aromatic N) is 3. The zero-order chi connectivity index (χ0) is 14.5. The van der Waals surface area contributed by atoms with Crippen molar-refractivity contribution in [1.29, 1.82) is 0 Å². The highest BCUT2D eigenvalue weighted by Gasteiger charge is 2.17. The minimum atomic E-state index is 0.531. The molecule has 5 nitrogen and oxygen atoms in total. The Kier molecular flexibility index (Phi) is 4.88. The van der Waals surface area contributed by atoms with Gasteiger partial charge in [-0.3, -0.25) is 0 Å². The van der Waals surface area contributed by atoms with Crippen LogP contribution >= 0.6 is 0 Å². The van der Waals surface area contributed by atoms with Gasteiger partial charge in [-0.05, 0) is 32.6 Å². The molecule has 0 radical (unpaired) electrons. The molecule has 2 fully saturated rings. The van der Waals surface area contributed by atoms with Crippen LogP contribution < -0.4 is 10.6 Å². The Balaban J connectivity index is 1.63. The third-order valence-electron chi connectivity index (χ3n) is 4.62. The summed E-state index contributed by atoms with van der Waals surface area (Å²) in [5.74, 6) is 2.28. The summed E-state index contributed by atoms with van der Waals surface area (Å²) in [6.07, 6.45) is 12.9. The van der Waals surface area contributed by atoms with Crippen molar-refractivity contribution in [2.75, 3.05) is 10.6 Å². The predicted molar refractivity (Wildman–Crippen MR) is 85.6 cm³/mol. The van der Waals surface area contributed by atoms with Crippen LogP contribution in [0, 0.1) is 6.92 Å². The number of nitrogens with one attached hydrogen (secondary N) is 2. The minimum absolute atomic E-state index is 0.531. The molecule has 2 N–H and O–H groups in total. The van der Waals surface area contributed by atoms with Crippen LogP contribution in [0.3, 0.4) is 0 Å². The highest BCUT2D eigenvalue weighted by Crippen LogP contribution is 2.22. The zero-order valence-electron chi connectivity index (χ0n) is 13.1. The number of aromatic nitrogens is 3. The highest BCUT2D eigenvalue weighted by atomic mass is 15.2. The molecule has 116 valence electrons. The molecule has 0 aromatic carbocycles. The van der Waals surface area contributed by atoms with Gasteiger partial charge in [0.2, 0.25) is 11.9 Å². The second-order valence-electron chi connectivity index (χ2n) is 6.49. The summed E-state index contributed by atoms with van der Waals surface area (Å²) in [5.41, 5.74) is 0. The topological polar surface area (TPSA) is 62.7 Å². The van der Waals surface area contributed by atoms with Gasteiger partial charge in [-0.1, -0.05) is 38.5 Å². The maximum Gasteiger partial charge on any atom is 0.227 e. The molecule has 0 aliphatic heterocycles. The second kappa shape index (κ2) is 7.05. The molecular formula is C16H27N5. The van der Waals surface area contributed by atoms with E-state index in [4.69, 9.17) is 0 Å². The SMILES string of the molecule is Cc1nc(NC2CCCCC2)nc(NC2CCCCC2)n1. The van der Waals surface area contributed by atoms with Gasteiger partial charge in [-0.2, -0.15) is 15.0 Å². The smallest absolute Gasteiger partial charge is 0.227 e. The molecule has 0 amide bonds. The molecule has 1 heterocycles. The summed E-state index contributed by atoms with van der Waals surface area (Å²) in [6.45, 7) is 1.94. The molecule has 0 atom stereocenters. The number of hydrogen-bond acceptors (Lipinski definition) is 5. The maximum absolute atomic E-state index is 4.58. The number of rotatable bonds is 4. The number of anilines is 2. The highest BCUT2D eigenvalue weighted by molar-refractivity contribution is 5.36. The van der Waals surface area contributed by atoms with Crippen molar-refractivity contribution < 1.29 is 0 Å². The van der Waals surface area contributed by atoms with Crippen LogP contribution in [0.4, 0.5) is 11.9 Å². The summed E-state index contributed by atoms with van der Waals surface area (Å²) < 4.78 is 0. The molecule has 0 bridgehead atoms. The van der Waals surface area contributed by atoms with Crippen LogP contribution in [0.5, 0.6) is 0 Å². The van der Waals surface area contributed by atoms with E-state index in [1.165, 1.54) is 64.2 Å². The van der Waals surface area contributed by atoms with E-state index >= 15 is 0 Å². The number of aryl methyl sites for hydroxylation is 1. The van der Waals surface area contributed by atoms with E-state index in [9.17, 15) is 0 Å². The first-order valence-electron chi connectivity index (χ1n) is 8.55. The summed E-state index contributed by atoms with van der Waals surface area (Å²) in [7, 11) is 0. The van der Waals surface area contributed by atoms with Crippen molar-refractivity contribution in [3.05, 3.63) is 5.82 Å². The van der Waals surface area contributed by atoms with Crippen molar-refractivity contribution in [1.82, 2.24) is 15.0 Å². The zero-order valence-corrected chi connectivity index (χ0v) is 13.1. The monoisotopic (exact) mass is 289 g/mol. The molecule has 0 saturated heterocycles. The molecule has 3 rings (SSSR count). The summed E-state index contributed by atoms with van der Waals surface area (Å²) in [4.78, 5) is 13.5. The van der Waals surface area contributed by atoms with Gasteiger partial charge in [0.05, 0.1) is 0 Å². The lowest BCUT2D eigenvalue weighted by molar-refractivity contribution is 0.458. The van der Waals surface area contributed by atoms with E-state index in [1.54, 1.807) is 0 Å². The van der Waals surface area contributed by atoms with E-state index in [-0.39, 0.29) is 0 Å². The molecule has 2 saturated carbocycles. The lowest BCUT2D eigenvalue weighted by atomic mass is 9.96. The fourth-order valence-electron chi connectivity index (χ4n) is 3.47. The third-order valence-corrected chi connectivity index (χ3v) is 4.62. The van der Waals surface area contributed by atoms with Crippen LogP contribution in [0.25, 0.3) is 0 Å². The fourth-order valence-corrected chi connectivity index (χ4v) is 3.47. The van der Waals surface area contributed by atoms with E-state index in [2.05, 4.69) is 25.6 Å². The Bertz CT molecular complexity index is 412. The van der Waals surface area contributed by atoms with E-state index in [1.807, 2.05) is 6.92 Å². The van der Waals surface area contributed by atoms with E-state index < -0.39 is 0 Å². The van der Waals surface area contributed by atoms with Crippen LogP contribution in [0.1, 0.15) is 70.0 Å². The number of hydrogen-bond donors (Lipinski definition) is 2. The Morgan fingerprint density at radius 1 is 0.667 bits per heavy atom. The molecule has 2 aliphatic rings. The molecule has 0 spiro atoms. The van der Waals surface area contributed by atoms with Crippen molar-refractivity contribution in [2.24, 2.45) is 0 Å². The molecule has 1 aromatic heterocycles. The van der Waals surface area contributed by atoms with E-state index in [0.717, 1.165) is 17.7 Å². The van der Waals surface area contributed by atoms with Gasteiger partial charge in [0.25, 0.3) is 0 Å². The largest absolute Gasteiger partial charge is 0.351 e. The van der Waals surface area contributed by atoms with Crippen molar-refractivity contribution in [3.63, 3.8) is 0 Å². The van der Waals surface area contributed by atoms with Gasteiger partial charge < -0.3 is 10.6 Å². The normalized spacial score (nSPS) is 21.2. The average Bonchev–Trinajstić information content (AvgIpc) is 2.48. The van der Waals surface area contributed by atoms with E-state index in [0.29, 0.717) is 12.1 Å². The second-order valence-corrected chi connectivity index (χ2v) is 6.49. The lowest BCUT2D eigenvalue weighted by Gasteiger charge is -2.24. The predicted octanol–water partition coefficient (Wildman–Crippen LogP) is 3.67. The minimum Gasteiger partial charge on any atom is -0.351 e. The Hall–Kier alpha value is -1.39. The van der Waals surface area contributed by atoms with Crippen LogP contribution in [-0.4, -0.2) is 27.0 Å². The molecule has 5 heteroatoms. The van der Waals surface area contributed by atoms with Gasteiger partial charge >= 0.3 is 0 Å². The van der Waals surface area contributed by atoms with Gasteiger partial charge in [-0.25, -0.2) is 0 Å². The van der Waals surface area contributed by atoms with Gasteiger partial charge in [0, 0.05) is 12.1 Å². The standard InChI is InChI=1S/C16H27N5/c1-12-17-15(19-13-8-4-2-5-9-13)21-16(18-12)20-14-10-6-3-7-11-14/h13-14H,2-11H2,1H3,(H2,17,18,19,20,21). The van der Waals surface area contributed by atoms with Gasteiger partial charge in [0.1, 0.15) is 5.82 Å². The molecule has 2 aliphatic carbocycles. The van der Waals surface area contributed by atoms with Gasteiger partial charge in [-0.15, -0.1) is 0 Å². The molecular weight excluding hydrogens is 262 g/mol. The molecule has 21 heavy (non-hydrogen) atoms. The maximum atomic E-state index is 4.58. The average molecular weight is 289 g/mol. The Morgan fingerprint density at radius 3 is 1.52 bits per heavy atom. The summed E-state index contributed by atoms with van der Waals surface area (Å²) >= 11 is 0. The molecule has 0 unspecified atom stereocenters. The quantitative estimate of drug-likeness (QED) is 0.885. The van der Waals surface area contributed by atoms with Crippen LogP contribution in [0.15, 0.2) is 0 Å².